The largest absolute Gasteiger partial charge is 0.342 e. The van der Waals surface area contributed by atoms with Crippen molar-refractivity contribution in [2.75, 3.05) is 19.6 Å². The maximum absolute atomic E-state index is 13.0. The van der Waals surface area contributed by atoms with Crippen LogP contribution in [0.5, 0.6) is 0 Å². The van der Waals surface area contributed by atoms with Gasteiger partial charge in [0.25, 0.3) is 5.91 Å². The maximum Gasteiger partial charge on any atom is 0.251 e. The third kappa shape index (κ3) is 6.47. The number of hydrogen-bond acceptors (Lipinski definition) is 4. The number of carbonyl (C=O) groups excluding carboxylic acids is 3. The summed E-state index contributed by atoms with van der Waals surface area (Å²) >= 11 is 0. The molecule has 0 radical (unpaired) electrons. The third-order valence-corrected chi connectivity index (χ3v) is 7.89. The molecule has 2 N–H and O–H groups in total. The number of likely N-dealkylation sites (tertiary alicyclic amines) is 1. The first kappa shape index (κ1) is 24.9. The number of benzene rings is 1. The Morgan fingerprint density at radius 2 is 1.56 bits per heavy atom. The molecule has 1 atom stereocenters. The SMILES string of the molecule is CC(C)C(=O)C(NC(=O)c1ccc(C2CCN(C(=O)CNC3CC3)CC2)cc1)C1CCCCC1. The highest BCUT2D eigenvalue weighted by Crippen LogP contribution is 2.30. The van der Waals surface area contributed by atoms with Crippen LogP contribution in [-0.4, -0.2) is 54.2 Å². The Hall–Kier alpha value is -2.21. The standard InChI is InChI=1S/C28H41N3O3/c1-19(2)27(33)26(22-6-4-3-5-7-22)30-28(34)23-10-8-20(9-11-23)21-14-16-31(17-15-21)25(32)18-29-24-12-13-24/h8-11,19,21-22,24,26,29H,3-7,12-18H2,1-2H3,(H,30,34). The van der Waals surface area contributed by atoms with E-state index in [1.165, 1.54) is 24.8 Å². The monoisotopic (exact) mass is 467 g/mol. The molecule has 4 rings (SSSR count). The Bertz CT molecular complexity index is 848. The Morgan fingerprint density at radius 3 is 2.15 bits per heavy atom. The van der Waals surface area contributed by atoms with E-state index in [-0.39, 0.29) is 35.5 Å². The van der Waals surface area contributed by atoms with Crippen molar-refractivity contribution in [2.24, 2.45) is 11.8 Å². The fourth-order valence-electron chi connectivity index (χ4n) is 5.47. The lowest BCUT2D eigenvalue weighted by Crippen LogP contribution is -2.48. The number of piperidine rings is 1. The van der Waals surface area contributed by atoms with E-state index < -0.39 is 0 Å². The highest BCUT2D eigenvalue weighted by atomic mass is 16.2. The fraction of sp³-hybridized carbons (Fsp3) is 0.679. The molecule has 2 aliphatic carbocycles. The van der Waals surface area contributed by atoms with E-state index in [0.717, 1.165) is 51.6 Å². The van der Waals surface area contributed by atoms with Crippen molar-refractivity contribution in [3.63, 3.8) is 0 Å². The lowest BCUT2D eigenvalue weighted by molar-refractivity contribution is -0.131. The van der Waals surface area contributed by atoms with E-state index in [1.807, 2.05) is 43.0 Å². The van der Waals surface area contributed by atoms with Crippen LogP contribution >= 0.6 is 0 Å². The van der Waals surface area contributed by atoms with E-state index >= 15 is 0 Å². The van der Waals surface area contributed by atoms with Crippen LogP contribution in [0.1, 0.15) is 93.5 Å². The second-order valence-electron chi connectivity index (χ2n) is 10.8. The average molecular weight is 468 g/mol. The molecule has 0 spiro atoms. The van der Waals surface area contributed by atoms with Crippen LogP contribution in [0.25, 0.3) is 0 Å². The van der Waals surface area contributed by atoms with Crippen LogP contribution in [0.2, 0.25) is 0 Å². The minimum Gasteiger partial charge on any atom is -0.342 e. The summed E-state index contributed by atoms with van der Waals surface area (Å²) in [6.45, 7) is 5.88. The maximum atomic E-state index is 13.0. The number of ketones is 1. The minimum atomic E-state index is -0.385. The van der Waals surface area contributed by atoms with Gasteiger partial charge >= 0.3 is 0 Å². The number of nitrogens with one attached hydrogen (secondary N) is 2. The predicted molar refractivity (Wildman–Crippen MR) is 134 cm³/mol. The smallest absolute Gasteiger partial charge is 0.251 e. The van der Waals surface area contributed by atoms with Crippen LogP contribution in [0.15, 0.2) is 24.3 Å². The van der Waals surface area contributed by atoms with Gasteiger partial charge in [0.2, 0.25) is 5.91 Å². The predicted octanol–water partition coefficient (Wildman–Crippen LogP) is 4.05. The molecular weight excluding hydrogens is 426 g/mol. The molecule has 1 aliphatic heterocycles. The summed E-state index contributed by atoms with van der Waals surface area (Å²) in [4.78, 5) is 40.3. The molecule has 1 heterocycles. The van der Waals surface area contributed by atoms with Gasteiger partial charge in [0, 0.05) is 30.6 Å². The number of Topliss-reactive ketones (excluding diaryl/α,β-unsaturated/α-hetero) is 1. The number of amides is 2. The number of hydrogen-bond donors (Lipinski definition) is 2. The fourth-order valence-corrected chi connectivity index (χ4v) is 5.47. The van der Waals surface area contributed by atoms with Crippen molar-refractivity contribution in [3.05, 3.63) is 35.4 Å². The molecule has 0 aromatic heterocycles. The van der Waals surface area contributed by atoms with Gasteiger partial charge in [-0.2, -0.15) is 0 Å². The summed E-state index contributed by atoms with van der Waals surface area (Å²) < 4.78 is 0. The zero-order valence-corrected chi connectivity index (χ0v) is 20.9. The molecule has 1 unspecified atom stereocenters. The Kier molecular flexibility index (Phi) is 8.41. The Balaban J connectivity index is 1.31. The molecule has 6 heteroatoms. The molecule has 3 aliphatic rings. The first-order valence-electron chi connectivity index (χ1n) is 13.4. The van der Waals surface area contributed by atoms with E-state index in [2.05, 4.69) is 10.6 Å². The van der Waals surface area contributed by atoms with Gasteiger partial charge in [-0.05, 0) is 68.1 Å². The van der Waals surface area contributed by atoms with Crippen molar-refractivity contribution in [1.29, 1.82) is 0 Å². The van der Waals surface area contributed by atoms with Crippen LogP contribution in [-0.2, 0) is 9.59 Å². The lowest BCUT2D eigenvalue weighted by Gasteiger charge is -2.32. The molecule has 186 valence electrons. The summed E-state index contributed by atoms with van der Waals surface area (Å²) in [7, 11) is 0. The van der Waals surface area contributed by atoms with Crippen LogP contribution in [0.3, 0.4) is 0 Å². The van der Waals surface area contributed by atoms with Crippen molar-refractivity contribution in [2.45, 2.75) is 89.6 Å². The topological polar surface area (TPSA) is 78.5 Å². The summed E-state index contributed by atoms with van der Waals surface area (Å²) in [5.41, 5.74) is 1.83. The van der Waals surface area contributed by atoms with Gasteiger partial charge in [0.15, 0.2) is 5.78 Å². The van der Waals surface area contributed by atoms with Crippen molar-refractivity contribution in [3.8, 4) is 0 Å². The molecule has 1 saturated heterocycles. The Labute approximate surface area is 204 Å². The second-order valence-corrected chi connectivity index (χ2v) is 10.8. The molecule has 2 saturated carbocycles. The molecule has 2 amide bonds. The quantitative estimate of drug-likeness (QED) is 0.574. The van der Waals surface area contributed by atoms with Crippen molar-refractivity contribution < 1.29 is 14.4 Å². The number of nitrogens with zero attached hydrogens (tertiary/aromatic N) is 1. The number of rotatable bonds is 9. The molecule has 1 aromatic rings. The van der Waals surface area contributed by atoms with E-state index in [1.54, 1.807) is 0 Å². The molecule has 0 bridgehead atoms. The molecular formula is C28H41N3O3. The highest BCUT2D eigenvalue weighted by Gasteiger charge is 2.32. The molecule has 3 fully saturated rings. The average Bonchev–Trinajstić information content (AvgIpc) is 3.70. The normalized spacial score (nSPS) is 20.9. The van der Waals surface area contributed by atoms with Gasteiger partial charge in [-0.15, -0.1) is 0 Å². The minimum absolute atomic E-state index is 0.0863. The highest BCUT2D eigenvalue weighted by molar-refractivity contribution is 5.98. The van der Waals surface area contributed by atoms with Crippen molar-refractivity contribution >= 4 is 17.6 Å². The zero-order chi connectivity index (χ0) is 24.1. The zero-order valence-electron chi connectivity index (χ0n) is 20.9. The van der Waals surface area contributed by atoms with E-state index in [9.17, 15) is 14.4 Å². The van der Waals surface area contributed by atoms with Crippen molar-refractivity contribution in [1.82, 2.24) is 15.5 Å². The number of carbonyl (C=O) groups is 3. The van der Waals surface area contributed by atoms with E-state index in [4.69, 9.17) is 0 Å². The van der Waals surface area contributed by atoms with Gasteiger partial charge in [-0.25, -0.2) is 0 Å². The molecule has 6 nitrogen and oxygen atoms in total. The summed E-state index contributed by atoms with van der Waals surface area (Å²) in [5, 5.41) is 6.40. The lowest BCUT2D eigenvalue weighted by atomic mass is 9.80. The van der Waals surface area contributed by atoms with Crippen LogP contribution < -0.4 is 10.6 Å². The van der Waals surface area contributed by atoms with E-state index in [0.29, 0.717) is 24.1 Å². The summed E-state index contributed by atoms with van der Waals surface area (Å²) in [5.74, 6) is 0.775. The summed E-state index contributed by atoms with van der Waals surface area (Å²) in [6, 6.07) is 8.04. The summed E-state index contributed by atoms with van der Waals surface area (Å²) in [6.07, 6.45) is 9.81. The van der Waals surface area contributed by atoms with Gasteiger partial charge in [0.1, 0.15) is 0 Å². The molecule has 34 heavy (non-hydrogen) atoms. The third-order valence-electron chi connectivity index (χ3n) is 7.89. The second kappa shape index (κ2) is 11.5. The van der Waals surface area contributed by atoms with Crippen LogP contribution in [0, 0.1) is 11.8 Å². The van der Waals surface area contributed by atoms with Gasteiger partial charge in [-0.1, -0.05) is 45.2 Å². The van der Waals surface area contributed by atoms with Gasteiger partial charge < -0.3 is 15.5 Å². The van der Waals surface area contributed by atoms with Crippen LogP contribution in [0.4, 0.5) is 0 Å². The van der Waals surface area contributed by atoms with Gasteiger partial charge in [0.05, 0.1) is 12.6 Å². The molecule has 1 aromatic carbocycles. The Morgan fingerprint density at radius 1 is 0.912 bits per heavy atom. The first-order valence-corrected chi connectivity index (χ1v) is 13.4. The first-order chi connectivity index (χ1) is 16.4. The van der Waals surface area contributed by atoms with Gasteiger partial charge in [-0.3, -0.25) is 14.4 Å².